The summed E-state index contributed by atoms with van der Waals surface area (Å²) in [6.07, 6.45) is 0.307. The molecular weight excluding hydrogens is 344 g/mol. The molecule has 0 saturated carbocycles. The highest BCUT2D eigenvalue weighted by molar-refractivity contribution is 5.88. The highest BCUT2D eigenvalue weighted by Crippen LogP contribution is 2.28. The fourth-order valence-electron chi connectivity index (χ4n) is 2.77. The molecule has 0 spiro atoms. The van der Waals surface area contributed by atoms with Gasteiger partial charge < -0.3 is 19.7 Å². The Morgan fingerprint density at radius 2 is 1.59 bits per heavy atom. The summed E-state index contributed by atoms with van der Waals surface area (Å²) < 4.78 is 10.6. The Balaban J connectivity index is 2.04. The van der Waals surface area contributed by atoms with Gasteiger partial charge >= 0.3 is 0 Å². The van der Waals surface area contributed by atoms with Gasteiger partial charge in [-0.2, -0.15) is 0 Å². The Morgan fingerprint density at radius 3 is 2.15 bits per heavy atom. The molecule has 0 aromatic heterocycles. The van der Waals surface area contributed by atoms with Crippen molar-refractivity contribution in [2.75, 3.05) is 26.1 Å². The minimum absolute atomic E-state index is 0.0413. The summed E-state index contributed by atoms with van der Waals surface area (Å²) in [6.45, 7) is 4.53. The maximum atomic E-state index is 12.7. The van der Waals surface area contributed by atoms with Crippen LogP contribution in [-0.2, 0) is 22.6 Å². The van der Waals surface area contributed by atoms with E-state index in [2.05, 4.69) is 5.32 Å². The molecule has 2 aromatic rings. The lowest BCUT2D eigenvalue weighted by Crippen LogP contribution is -2.31. The van der Waals surface area contributed by atoms with Gasteiger partial charge in [-0.25, -0.2) is 0 Å². The Kier molecular flexibility index (Phi) is 7.23. The van der Waals surface area contributed by atoms with E-state index in [0.717, 1.165) is 16.8 Å². The molecule has 0 bridgehead atoms. The zero-order chi connectivity index (χ0) is 19.8. The van der Waals surface area contributed by atoms with Gasteiger partial charge in [0.2, 0.25) is 11.8 Å². The standard InChI is InChI=1S/C21H26N2O4/c1-5-23(14-17-8-11-19(26-3)20(12-17)27-4)21(25)13-16-6-9-18(10-7-16)22-15(2)24/h6-12H,5,13-14H2,1-4H3,(H,22,24). The summed E-state index contributed by atoms with van der Waals surface area (Å²) in [7, 11) is 3.19. The van der Waals surface area contributed by atoms with E-state index in [4.69, 9.17) is 9.47 Å². The number of likely N-dealkylation sites (N-methyl/N-ethyl adjacent to an activating group) is 1. The number of hydrogen-bond donors (Lipinski definition) is 1. The van der Waals surface area contributed by atoms with Crippen LogP contribution >= 0.6 is 0 Å². The SMILES string of the molecule is CCN(Cc1ccc(OC)c(OC)c1)C(=O)Cc1ccc(NC(C)=O)cc1. The van der Waals surface area contributed by atoms with Crippen LogP contribution in [0.3, 0.4) is 0 Å². The first-order valence-corrected chi connectivity index (χ1v) is 8.82. The van der Waals surface area contributed by atoms with E-state index in [1.54, 1.807) is 31.3 Å². The number of nitrogens with zero attached hydrogens (tertiary/aromatic N) is 1. The van der Waals surface area contributed by atoms with Crippen LogP contribution in [0.4, 0.5) is 5.69 Å². The Labute approximate surface area is 160 Å². The average molecular weight is 370 g/mol. The maximum absolute atomic E-state index is 12.7. The third-order valence-corrected chi connectivity index (χ3v) is 4.19. The van der Waals surface area contributed by atoms with Gasteiger partial charge in [-0.05, 0) is 42.3 Å². The van der Waals surface area contributed by atoms with E-state index >= 15 is 0 Å². The lowest BCUT2D eigenvalue weighted by molar-refractivity contribution is -0.130. The fraction of sp³-hybridized carbons (Fsp3) is 0.333. The largest absolute Gasteiger partial charge is 0.493 e. The Morgan fingerprint density at radius 1 is 0.963 bits per heavy atom. The molecule has 0 fully saturated rings. The number of amides is 2. The first-order valence-electron chi connectivity index (χ1n) is 8.82. The molecule has 2 amide bonds. The van der Waals surface area contributed by atoms with E-state index in [1.807, 2.05) is 37.3 Å². The molecule has 0 aliphatic heterocycles. The van der Waals surface area contributed by atoms with Crippen LogP contribution in [0, 0.1) is 0 Å². The zero-order valence-corrected chi connectivity index (χ0v) is 16.2. The van der Waals surface area contributed by atoms with Crippen LogP contribution in [0.15, 0.2) is 42.5 Å². The minimum Gasteiger partial charge on any atom is -0.493 e. The van der Waals surface area contributed by atoms with Gasteiger partial charge in [-0.15, -0.1) is 0 Å². The first-order chi connectivity index (χ1) is 13.0. The molecule has 0 heterocycles. The van der Waals surface area contributed by atoms with E-state index in [1.165, 1.54) is 6.92 Å². The van der Waals surface area contributed by atoms with E-state index in [0.29, 0.717) is 31.0 Å². The van der Waals surface area contributed by atoms with Crippen LogP contribution < -0.4 is 14.8 Å². The second-order valence-corrected chi connectivity index (χ2v) is 6.15. The Hall–Kier alpha value is -3.02. The number of carbonyl (C=O) groups is 2. The second kappa shape index (κ2) is 9.62. The van der Waals surface area contributed by atoms with E-state index in [9.17, 15) is 9.59 Å². The lowest BCUT2D eigenvalue weighted by Gasteiger charge is -2.22. The summed E-state index contributed by atoms with van der Waals surface area (Å²) in [5.74, 6) is 1.23. The third kappa shape index (κ3) is 5.74. The van der Waals surface area contributed by atoms with Gasteiger partial charge in [0.15, 0.2) is 11.5 Å². The normalized spacial score (nSPS) is 10.2. The van der Waals surface area contributed by atoms with Crippen molar-refractivity contribution in [3.05, 3.63) is 53.6 Å². The van der Waals surface area contributed by atoms with Gasteiger partial charge in [0.05, 0.1) is 20.6 Å². The van der Waals surface area contributed by atoms with E-state index < -0.39 is 0 Å². The predicted molar refractivity (Wildman–Crippen MR) is 105 cm³/mol. The number of carbonyl (C=O) groups excluding carboxylic acids is 2. The van der Waals surface area contributed by atoms with Gasteiger partial charge in [-0.1, -0.05) is 18.2 Å². The number of anilines is 1. The van der Waals surface area contributed by atoms with Crippen molar-refractivity contribution in [3.63, 3.8) is 0 Å². The van der Waals surface area contributed by atoms with E-state index in [-0.39, 0.29) is 11.8 Å². The molecule has 0 aliphatic rings. The van der Waals surface area contributed by atoms with Crippen LogP contribution in [0.1, 0.15) is 25.0 Å². The molecule has 6 nitrogen and oxygen atoms in total. The zero-order valence-electron chi connectivity index (χ0n) is 16.2. The van der Waals surface area contributed by atoms with Crippen LogP contribution in [0.25, 0.3) is 0 Å². The average Bonchev–Trinajstić information content (AvgIpc) is 2.66. The minimum atomic E-state index is -0.120. The smallest absolute Gasteiger partial charge is 0.227 e. The highest BCUT2D eigenvalue weighted by atomic mass is 16.5. The van der Waals surface area contributed by atoms with Crippen molar-refractivity contribution in [2.24, 2.45) is 0 Å². The molecule has 6 heteroatoms. The van der Waals surface area contributed by atoms with Gasteiger partial charge in [0, 0.05) is 25.7 Å². The number of benzene rings is 2. The number of rotatable bonds is 8. The van der Waals surface area contributed by atoms with Crippen molar-refractivity contribution >= 4 is 17.5 Å². The van der Waals surface area contributed by atoms with Crippen LogP contribution in [0.5, 0.6) is 11.5 Å². The molecule has 0 aliphatic carbocycles. The monoisotopic (exact) mass is 370 g/mol. The number of nitrogens with one attached hydrogen (secondary N) is 1. The molecule has 2 aromatic carbocycles. The highest BCUT2D eigenvalue weighted by Gasteiger charge is 2.14. The van der Waals surface area contributed by atoms with Crippen LogP contribution in [-0.4, -0.2) is 37.5 Å². The van der Waals surface area contributed by atoms with Crippen molar-refractivity contribution in [2.45, 2.75) is 26.8 Å². The van der Waals surface area contributed by atoms with Crippen LogP contribution in [0.2, 0.25) is 0 Å². The molecule has 0 radical (unpaired) electrons. The molecular formula is C21H26N2O4. The quantitative estimate of drug-likeness (QED) is 0.774. The topological polar surface area (TPSA) is 67.9 Å². The first kappa shape index (κ1) is 20.3. The number of ether oxygens (including phenoxy) is 2. The lowest BCUT2D eigenvalue weighted by atomic mass is 10.1. The van der Waals surface area contributed by atoms with Crippen molar-refractivity contribution in [3.8, 4) is 11.5 Å². The van der Waals surface area contributed by atoms with Gasteiger partial charge in [0.1, 0.15) is 0 Å². The van der Waals surface area contributed by atoms with Crippen molar-refractivity contribution in [1.82, 2.24) is 4.90 Å². The molecule has 0 atom stereocenters. The number of methoxy groups -OCH3 is 2. The summed E-state index contributed by atoms with van der Waals surface area (Å²) in [4.78, 5) is 25.6. The third-order valence-electron chi connectivity index (χ3n) is 4.19. The van der Waals surface area contributed by atoms with Gasteiger partial charge in [-0.3, -0.25) is 9.59 Å². The van der Waals surface area contributed by atoms with Gasteiger partial charge in [0.25, 0.3) is 0 Å². The van der Waals surface area contributed by atoms with Crippen molar-refractivity contribution < 1.29 is 19.1 Å². The number of hydrogen-bond acceptors (Lipinski definition) is 4. The maximum Gasteiger partial charge on any atom is 0.227 e. The molecule has 2 rings (SSSR count). The second-order valence-electron chi connectivity index (χ2n) is 6.15. The summed E-state index contributed by atoms with van der Waals surface area (Å²) in [5.41, 5.74) is 2.60. The predicted octanol–water partition coefficient (Wildman–Crippen LogP) is 3.25. The molecule has 144 valence electrons. The summed E-state index contributed by atoms with van der Waals surface area (Å²) >= 11 is 0. The summed E-state index contributed by atoms with van der Waals surface area (Å²) in [5, 5.41) is 2.72. The Bertz CT molecular complexity index is 787. The summed E-state index contributed by atoms with van der Waals surface area (Å²) in [6, 6.07) is 13.0. The fourth-order valence-corrected chi connectivity index (χ4v) is 2.77. The molecule has 27 heavy (non-hydrogen) atoms. The molecule has 0 saturated heterocycles. The molecule has 0 unspecified atom stereocenters. The van der Waals surface area contributed by atoms with Crippen molar-refractivity contribution in [1.29, 1.82) is 0 Å². The molecule has 1 N–H and O–H groups in total.